The topological polar surface area (TPSA) is 166 Å². The first-order valence-corrected chi connectivity index (χ1v) is 14.4. The average molecular weight is 565 g/mol. The van der Waals surface area contributed by atoms with Crippen LogP contribution in [0.3, 0.4) is 0 Å². The van der Waals surface area contributed by atoms with E-state index in [1.807, 2.05) is 24.3 Å². The van der Waals surface area contributed by atoms with E-state index in [-0.39, 0.29) is 23.9 Å². The number of nitrogens with zero attached hydrogens (tertiary/aromatic N) is 6. The van der Waals surface area contributed by atoms with Gasteiger partial charge in [-0.25, -0.2) is 4.79 Å². The zero-order chi connectivity index (χ0) is 29.2. The highest BCUT2D eigenvalue weighted by atomic mass is 16.5. The van der Waals surface area contributed by atoms with Gasteiger partial charge in [-0.2, -0.15) is 15.2 Å². The van der Waals surface area contributed by atoms with Crippen LogP contribution in [-0.2, 0) is 24.3 Å². The number of piperidine rings is 1. The Morgan fingerprint density at radius 2 is 2.02 bits per heavy atom. The number of nitrogen functional groups attached to an aromatic ring is 1. The van der Waals surface area contributed by atoms with Crippen molar-refractivity contribution in [3.05, 3.63) is 45.9 Å². The molecule has 1 fully saturated rings. The molecule has 0 unspecified atom stereocenters. The average Bonchev–Trinajstić information content (AvgIpc) is 3.27. The normalized spacial score (nSPS) is 14.5. The molecule has 1 aliphatic heterocycles. The first kappa shape index (κ1) is 30.0. The number of likely N-dealkylation sites (tertiary alicyclic amines) is 1. The van der Waals surface area contributed by atoms with Crippen LogP contribution < -0.4 is 16.2 Å². The lowest BCUT2D eigenvalue weighted by molar-refractivity contribution is -0.136. The minimum atomic E-state index is -0.851. The number of rotatable bonds is 15. The van der Waals surface area contributed by atoms with Gasteiger partial charge in [-0.3, -0.25) is 14.3 Å². The number of hydrogen-bond donors (Lipinski definition) is 3. The van der Waals surface area contributed by atoms with E-state index in [1.165, 1.54) is 0 Å². The lowest BCUT2D eigenvalue weighted by Gasteiger charge is -2.38. The highest BCUT2D eigenvalue weighted by Gasteiger charge is 2.25. The van der Waals surface area contributed by atoms with Crippen LogP contribution >= 0.6 is 0 Å². The number of fused-ring (bicyclic) bond motifs is 1. The highest BCUT2D eigenvalue weighted by Crippen LogP contribution is 2.22. The van der Waals surface area contributed by atoms with E-state index in [9.17, 15) is 14.7 Å². The molecule has 12 heteroatoms. The first-order chi connectivity index (χ1) is 19.9. The van der Waals surface area contributed by atoms with E-state index >= 15 is 0 Å². The summed E-state index contributed by atoms with van der Waals surface area (Å²) in [5, 5.41) is 18.2. The second kappa shape index (κ2) is 14.6. The number of nitrogens with one attached hydrogen (secondary N) is 1. The van der Waals surface area contributed by atoms with Crippen molar-refractivity contribution in [1.82, 2.24) is 29.3 Å². The summed E-state index contributed by atoms with van der Waals surface area (Å²) in [6, 6.07) is 10.5. The molecule has 41 heavy (non-hydrogen) atoms. The molecule has 0 bridgehead atoms. The number of aromatic nitrogens is 4. The van der Waals surface area contributed by atoms with Gasteiger partial charge in [0.2, 0.25) is 0 Å². The van der Waals surface area contributed by atoms with E-state index in [4.69, 9.17) is 15.7 Å². The summed E-state index contributed by atoms with van der Waals surface area (Å²) in [4.78, 5) is 40.3. The number of carboxylic acids is 1. The number of ether oxygens (including phenoxy) is 1. The number of anilines is 1. The second-order valence-corrected chi connectivity index (χ2v) is 10.6. The monoisotopic (exact) mass is 564 g/mol. The predicted octanol–water partition coefficient (Wildman–Crippen LogP) is 2.78. The van der Waals surface area contributed by atoms with Crippen LogP contribution in [0.15, 0.2) is 29.1 Å². The molecule has 0 amide bonds. The van der Waals surface area contributed by atoms with Crippen LogP contribution in [0.25, 0.3) is 11.2 Å². The summed E-state index contributed by atoms with van der Waals surface area (Å²) < 4.78 is 7.25. The predicted molar refractivity (Wildman–Crippen MR) is 155 cm³/mol. The summed E-state index contributed by atoms with van der Waals surface area (Å²) in [6.07, 6.45) is 5.03. The molecule has 3 heterocycles. The molecule has 0 aliphatic carbocycles. The molecule has 12 nitrogen and oxygen atoms in total. The molecule has 220 valence electrons. The summed E-state index contributed by atoms with van der Waals surface area (Å²) in [6.45, 7) is 7.07. The molecule has 1 aliphatic rings. The van der Waals surface area contributed by atoms with Crippen LogP contribution in [0.5, 0.6) is 6.01 Å². The van der Waals surface area contributed by atoms with E-state index in [0.717, 1.165) is 63.0 Å². The van der Waals surface area contributed by atoms with Gasteiger partial charge < -0.3 is 25.5 Å². The maximum absolute atomic E-state index is 12.8. The molecule has 4 N–H and O–H groups in total. The van der Waals surface area contributed by atoms with Crippen molar-refractivity contribution in [2.75, 3.05) is 38.5 Å². The molecule has 0 atom stereocenters. The number of carboxylic acid groups (broad SMARTS) is 1. The Balaban J connectivity index is 1.48. The SMILES string of the molecule is CCCCOc1nc(N)c2[nH]c(=O)n(CCCN(Cc3cccc(CC(=O)O)c3)C3CCN(CCC#N)CC3)c2n1. The number of aliphatic carboxylic acids is 1. The van der Waals surface area contributed by atoms with Crippen molar-refractivity contribution < 1.29 is 14.6 Å². The van der Waals surface area contributed by atoms with E-state index < -0.39 is 5.97 Å². The van der Waals surface area contributed by atoms with Crippen LogP contribution in [0.4, 0.5) is 5.82 Å². The number of imidazole rings is 1. The third-order valence-electron chi connectivity index (χ3n) is 7.53. The summed E-state index contributed by atoms with van der Waals surface area (Å²) >= 11 is 0. The number of aromatic amines is 1. The Bertz CT molecular complexity index is 1400. The number of nitriles is 1. The van der Waals surface area contributed by atoms with Gasteiger partial charge in [-0.1, -0.05) is 37.6 Å². The maximum Gasteiger partial charge on any atom is 0.327 e. The smallest absolute Gasteiger partial charge is 0.327 e. The van der Waals surface area contributed by atoms with Gasteiger partial charge in [0.25, 0.3) is 0 Å². The van der Waals surface area contributed by atoms with Gasteiger partial charge in [0.15, 0.2) is 11.5 Å². The highest BCUT2D eigenvalue weighted by molar-refractivity contribution is 5.81. The molecular formula is C29H40N8O4. The van der Waals surface area contributed by atoms with Crippen molar-refractivity contribution in [2.24, 2.45) is 0 Å². The number of H-pyrrole nitrogens is 1. The van der Waals surface area contributed by atoms with E-state index in [2.05, 4.69) is 37.7 Å². The molecule has 1 saturated heterocycles. The third kappa shape index (κ3) is 8.28. The second-order valence-electron chi connectivity index (χ2n) is 10.6. The molecule has 1 aromatic carbocycles. The molecule has 2 aromatic heterocycles. The van der Waals surface area contributed by atoms with E-state index in [1.54, 1.807) is 4.57 Å². The van der Waals surface area contributed by atoms with Crippen LogP contribution in [0.2, 0.25) is 0 Å². The quantitative estimate of drug-likeness (QED) is 0.234. The summed E-state index contributed by atoms with van der Waals surface area (Å²) in [5.74, 6) is -0.667. The number of nitrogens with two attached hydrogens (primary N) is 1. The molecule has 3 aromatic rings. The fourth-order valence-electron chi connectivity index (χ4n) is 5.40. The molecule has 0 spiro atoms. The molecule has 4 rings (SSSR count). The zero-order valence-corrected chi connectivity index (χ0v) is 23.7. The Hall–Kier alpha value is -3.95. The summed E-state index contributed by atoms with van der Waals surface area (Å²) in [5.41, 5.74) is 8.51. The Morgan fingerprint density at radius 3 is 2.76 bits per heavy atom. The van der Waals surface area contributed by atoms with Gasteiger partial charge >= 0.3 is 17.7 Å². The fraction of sp³-hybridized carbons (Fsp3) is 0.552. The third-order valence-corrected chi connectivity index (χ3v) is 7.53. The first-order valence-electron chi connectivity index (χ1n) is 14.4. The summed E-state index contributed by atoms with van der Waals surface area (Å²) in [7, 11) is 0. The van der Waals surface area contributed by atoms with Gasteiger partial charge in [0.05, 0.1) is 19.1 Å². The molecular weight excluding hydrogens is 524 g/mol. The van der Waals surface area contributed by atoms with Crippen LogP contribution in [-0.4, -0.2) is 79.2 Å². The number of aryl methyl sites for hydroxylation is 1. The van der Waals surface area contributed by atoms with Gasteiger partial charge in [-0.15, -0.1) is 0 Å². The van der Waals surface area contributed by atoms with Gasteiger partial charge in [-0.05, 0) is 49.9 Å². The van der Waals surface area contributed by atoms with Crippen molar-refractivity contribution in [3.8, 4) is 12.1 Å². The van der Waals surface area contributed by atoms with E-state index in [0.29, 0.717) is 49.7 Å². The Labute approximate surface area is 239 Å². The van der Waals surface area contributed by atoms with Crippen molar-refractivity contribution in [1.29, 1.82) is 5.26 Å². The Kier molecular flexibility index (Phi) is 10.7. The lowest BCUT2D eigenvalue weighted by Crippen LogP contribution is -2.45. The molecule has 0 radical (unpaired) electrons. The zero-order valence-electron chi connectivity index (χ0n) is 23.7. The van der Waals surface area contributed by atoms with Crippen LogP contribution in [0, 0.1) is 11.3 Å². The molecule has 0 saturated carbocycles. The number of benzene rings is 1. The van der Waals surface area contributed by atoms with Crippen LogP contribution in [0.1, 0.15) is 56.6 Å². The largest absolute Gasteiger partial charge is 0.481 e. The number of unbranched alkanes of at least 4 members (excludes halogenated alkanes) is 1. The minimum absolute atomic E-state index is 0.0102. The maximum atomic E-state index is 12.8. The van der Waals surface area contributed by atoms with Crippen molar-refractivity contribution in [3.63, 3.8) is 0 Å². The van der Waals surface area contributed by atoms with Gasteiger partial charge in [0, 0.05) is 38.6 Å². The Morgan fingerprint density at radius 1 is 1.24 bits per heavy atom. The number of hydrogen-bond acceptors (Lipinski definition) is 9. The number of carbonyl (C=O) groups is 1. The van der Waals surface area contributed by atoms with Crippen molar-refractivity contribution in [2.45, 2.75) is 71.0 Å². The van der Waals surface area contributed by atoms with Gasteiger partial charge in [0.1, 0.15) is 5.52 Å². The minimum Gasteiger partial charge on any atom is -0.481 e. The lowest BCUT2D eigenvalue weighted by atomic mass is 10.0. The fourth-order valence-corrected chi connectivity index (χ4v) is 5.40. The standard InChI is InChI=1S/C29H40N8O4/c1-2-3-17-41-28-33-26(31)25-27(34-28)37(29(40)32-25)14-6-13-36(23-9-15-35(16-10-23)12-5-11-30)20-22-8-4-7-21(18-22)19-24(38)39/h4,7-8,18,23H,2-3,5-6,9-10,12-17,19-20H2,1H3,(H,32,40)(H,38,39)(H2,31,33,34). The van der Waals surface area contributed by atoms with Crippen molar-refractivity contribution >= 4 is 23.0 Å².